The van der Waals surface area contributed by atoms with E-state index < -0.39 is 40.4 Å². The number of amides is 3. The van der Waals surface area contributed by atoms with E-state index in [4.69, 9.17) is 9.15 Å². The van der Waals surface area contributed by atoms with Gasteiger partial charge in [-0.3, -0.25) is 30.6 Å². The van der Waals surface area contributed by atoms with Crippen molar-refractivity contribution in [2.45, 2.75) is 38.8 Å². The molecule has 0 aliphatic rings. The molecule has 0 aliphatic heterocycles. The van der Waals surface area contributed by atoms with Crippen molar-refractivity contribution < 1.29 is 28.5 Å². The molecule has 0 saturated carbocycles. The number of hydrazine groups is 1. The highest BCUT2D eigenvalue weighted by molar-refractivity contribution is 5.94. The van der Waals surface area contributed by atoms with E-state index in [1.165, 1.54) is 0 Å². The Morgan fingerprint density at radius 1 is 1.03 bits per heavy atom. The fourth-order valence-corrected chi connectivity index (χ4v) is 3.08. The first-order chi connectivity index (χ1) is 16.0. The van der Waals surface area contributed by atoms with Crippen LogP contribution >= 0.6 is 0 Å². The number of carbonyl (C=O) groups excluding carboxylic acids is 3. The van der Waals surface area contributed by atoms with Crippen LogP contribution in [0, 0.1) is 10.1 Å². The zero-order valence-electron chi connectivity index (χ0n) is 18.8. The van der Waals surface area contributed by atoms with Crippen LogP contribution in [-0.4, -0.2) is 34.5 Å². The first kappa shape index (κ1) is 24.2. The molecule has 0 aliphatic carbocycles. The van der Waals surface area contributed by atoms with E-state index in [1.807, 2.05) is 42.5 Å². The van der Waals surface area contributed by atoms with Gasteiger partial charge < -0.3 is 14.5 Å². The minimum atomic E-state index is -1.10. The molecule has 0 saturated heterocycles. The summed E-state index contributed by atoms with van der Waals surface area (Å²) in [6.45, 7) is 5.06. The van der Waals surface area contributed by atoms with Gasteiger partial charge in [-0.1, -0.05) is 42.5 Å². The van der Waals surface area contributed by atoms with Gasteiger partial charge in [-0.05, 0) is 43.2 Å². The summed E-state index contributed by atoms with van der Waals surface area (Å²) in [6, 6.07) is 14.3. The molecule has 0 fully saturated rings. The number of benzene rings is 2. The third-order valence-corrected chi connectivity index (χ3v) is 4.56. The van der Waals surface area contributed by atoms with Gasteiger partial charge in [0.25, 0.3) is 5.91 Å². The maximum atomic E-state index is 12.8. The molecular weight excluding hydrogens is 444 g/mol. The smallest absolute Gasteiger partial charge is 0.433 e. The SMILES string of the molecule is CC(C)(C)OC(=O)NC(Cc1ccc2ccccc2c1)C(=O)NNC(=O)c1ccc([N+](=O)[O-])o1. The molecule has 1 aromatic heterocycles. The predicted octanol–water partition coefficient (Wildman–Crippen LogP) is 3.24. The number of hydrogen-bond donors (Lipinski definition) is 3. The monoisotopic (exact) mass is 468 g/mol. The lowest BCUT2D eigenvalue weighted by atomic mass is 10.0. The first-order valence-electron chi connectivity index (χ1n) is 10.3. The Morgan fingerprint density at radius 2 is 1.74 bits per heavy atom. The van der Waals surface area contributed by atoms with Gasteiger partial charge in [-0.2, -0.15) is 0 Å². The van der Waals surface area contributed by atoms with Crippen LogP contribution in [-0.2, 0) is 16.0 Å². The van der Waals surface area contributed by atoms with Gasteiger partial charge in [-0.25, -0.2) is 4.79 Å². The van der Waals surface area contributed by atoms with Gasteiger partial charge in [0.05, 0.1) is 6.07 Å². The Morgan fingerprint density at radius 3 is 2.38 bits per heavy atom. The number of hydrogen-bond acceptors (Lipinski definition) is 7. The molecule has 3 amide bonds. The van der Waals surface area contributed by atoms with Crippen molar-refractivity contribution in [2.24, 2.45) is 0 Å². The Bertz CT molecular complexity index is 1230. The summed E-state index contributed by atoms with van der Waals surface area (Å²) >= 11 is 0. The van der Waals surface area contributed by atoms with E-state index in [0.29, 0.717) is 0 Å². The molecule has 0 bridgehead atoms. The van der Waals surface area contributed by atoms with E-state index in [2.05, 4.69) is 16.2 Å². The highest BCUT2D eigenvalue weighted by Crippen LogP contribution is 2.18. The average Bonchev–Trinajstić information content (AvgIpc) is 3.26. The fraction of sp³-hybridized carbons (Fsp3) is 0.261. The van der Waals surface area contributed by atoms with Crippen LogP contribution in [0.2, 0.25) is 0 Å². The van der Waals surface area contributed by atoms with Crippen molar-refractivity contribution in [3.05, 3.63) is 76.0 Å². The summed E-state index contributed by atoms with van der Waals surface area (Å²) < 4.78 is 10.1. The number of alkyl carbamates (subject to hydrolysis) is 1. The molecule has 11 heteroatoms. The van der Waals surface area contributed by atoms with Crippen molar-refractivity contribution in [2.75, 3.05) is 0 Å². The maximum absolute atomic E-state index is 12.8. The van der Waals surface area contributed by atoms with Crippen molar-refractivity contribution in [1.82, 2.24) is 16.2 Å². The molecule has 0 radical (unpaired) electrons. The minimum Gasteiger partial charge on any atom is -0.444 e. The molecule has 1 heterocycles. The summed E-state index contributed by atoms with van der Waals surface area (Å²) in [5.41, 5.74) is 4.31. The lowest BCUT2D eigenvalue weighted by molar-refractivity contribution is -0.402. The number of fused-ring (bicyclic) bond motifs is 1. The van der Waals surface area contributed by atoms with Crippen molar-refractivity contribution in [1.29, 1.82) is 0 Å². The van der Waals surface area contributed by atoms with Crippen LogP contribution in [0.3, 0.4) is 0 Å². The number of rotatable bonds is 6. The lowest BCUT2D eigenvalue weighted by Crippen LogP contribution is -2.53. The number of nitrogens with zero attached hydrogens (tertiary/aromatic N) is 1. The Balaban J connectivity index is 1.72. The van der Waals surface area contributed by atoms with Gasteiger partial charge in [0.15, 0.2) is 0 Å². The van der Waals surface area contributed by atoms with Crippen molar-refractivity contribution in [3.63, 3.8) is 0 Å². The Labute approximate surface area is 194 Å². The van der Waals surface area contributed by atoms with Gasteiger partial charge in [0.2, 0.25) is 5.76 Å². The standard InChI is InChI=1S/C23H24N4O7/c1-23(2,3)34-22(30)24-17(13-14-8-9-15-6-4-5-7-16(15)12-14)20(28)25-26-21(29)18-10-11-19(33-18)27(31)32/h4-12,17H,13H2,1-3H3,(H,24,30)(H,25,28)(H,26,29). The number of furan rings is 1. The normalized spacial score (nSPS) is 12.0. The molecule has 3 aromatic rings. The second kappa shape index (κ2) is 10.0. The van der Waals surface area contributed by atoms with Crippen LogP contribution in [0.5, 0.6) is 0 Å². The third kappa shape index (κ3) is 6.55. The molecule has 1 atom stereocenters. The highest BCUT2D eigenvalue weighted by atomic mass is 16.6. The zero-order valence-corrected chi connectivity index (χ0v) is 18.8. The topological polar surface area (TPSA) is 153 Å². The van der Waals surface area contributed by atoms with Crippen molar-refractivity contribution in [3.8, 4) is 0 Å². The van der Waals surface area contributed by atoms with Crippen LogP contribution < -0.4 is 16.2 Å². The molecule has 2 aromatic carbocycles. The summed E-state index contributed by atoms with van der Waals surface area (Å²) in [6.07, 6.45) is -0.695. The molecular formula is C23H24N4O7. The minimum absolute atomic E-state index is 0.109. The maximum Gasteiger partial charge on any atom is 0.433 e. The van der Waals surface area contributed by atoms with Gasteiger partial charge in [0.1, 0.15) is 16.6 Å². The molecule has 34 heavy (non-hydrogen) atoms. The third-order valence-electron chi connectivity index (χ3n) is 4.56. The number of nitro groups is 1. The summed E-state index contributed by atoms with van der Waals surface area (Å²) in [4.78, 5) is 47.2. The summed E-state index contributed by atoms with van der Waals surface area (Å²) in [7, 11) is 0. The van der Waals surface area contributed by atoms with E-state index in [0.717, 1.165) is 28.5 Å². The van der Waals surface area contributed by atoms with Crippen LogP contribution in [0.1, 0.15) is 36.9 Å². The summed E-state index contributed by atoms with van der Waals surface area (Å²) in [5, 5.41) is 15.2. The Kier molecular flexibility index (Phi) is 7.15. The van der Waals surface area contributed by atoms with Crippen LogP contribution in [0.4, 0.5) is 10.7 Å². The zero-order chi connectivity index (χ0) is 24.9. The second-order valence-electron chi connectivity index (χ2n) is 8.42. The highest BCUT2D eigenvalue weighted by Gasteiger charge is 2.26. The van der Waals surface area contributed by atoms with Crippen LogP contribution in [0.25, 0.3) is 10.8 Å². The van der Waals surface area contributed by atoms with E-state index in [1.54, 1.807) is 20.8 Å². The quantitative estimate of drug-likeness (QED) is 0.371. The molecule has 1 unspecified atom stereocenters. The van der Waals surface area contributed by atoms with Crippen LogP contribution in [0.15, 0.2) is 59.0 Å². The van der Waals surface area contributed by atoms with E-state index in [9.17, 15) is 24.5 Å². The molecule has 178 valence electrons. The van der Waals surface area contributed by atoms with E-state index in [-0.39, 0.29) is 12.2 Å². The lowest BCUT2D eigenvalue weighted by Gasteiger charge is -2.23. The molecule has 0 spiro atoms. The Hall–Kier alpha value is -4.41. The van der Waals surface area contributed by atoms with Gasteiger partial charge >= 0.3 is 17.9 Å². The number of ether oxygens (including phenoxy) is 1. The second-order valence-corrected chi connectivity index (χ2v) is 8.42. The van der Waals surface area contributed by atoms with Gasteiger partial charge in [0, 0.05) is 6.42 Å². The van der Waals surface area contributed by atoms with E-state index >= 15 is 0 Å². The molecule has 3 rings (SSSR count). The first-order valence-corrected chi connectivity index (χ1v) is 10.3. The van der Waals surface area contributed by atoms with Gasteiger partial charge in [-0.15, -0.1) is 0 Å². The number of nitrogens with one attached hydrogen (secondary N) is 3. The average molecular weight is 468 g/mol. The fourth-order valence-electron chi connectivity index (χ4n) is 3.08. The summed E-state index contributed by atoms with van der Waals surface area (Å²) in [5.74, 6) is -2.60. The molecule has 3 N–H and O–H groups in total. The molecule has 11 nitrogen and oxygen atoms in total. The largest absolute Gasteiger partial charge is 0.444 e. The predicted molar refractivity (Wildman–Crippen MR) is 122 cm³/mol. The number of carbonyl (C=O) groups is 3. The van der Waals surface area contributed by atoms with Crippen molar-refractivity contribution >= 4 is 34.6 Å².